The Bertz CT molecular complexity index is 707. The van der Waals surface area contributed by atoms with Gasteiger partial charge in [-0.05, 0) is 18.2 Å². The second-order valence-corrected chi connectivity index (χ2v) is 4.79. The Morgan fingerprint density at radius 3 is 2.67 bits per heavy atom. The molecule has 0 atom stereocenters. The Morgan fingerprint density at radius 1 is 1.24 bits per heavy atom. The van der Waals surface area contributed by atoms with Crippen LogP contribution in [0.3, 0.4) is 0 Å². The zero-order chi connectivity index (χ0) is 15.2. The van der Waals surface area contributed by atoms with Gasteiger partial charge in [-0.15, -0.1) is 0 Å². The highest BCUT2D eigenvalue weighted by Gasteiger charge is 2.09. The van der Waals surface area contributed by atoms with Gasteiger partial charge in [0, 0.05) is 16.1 Å². The van der Waals surface area contributed by atoms with Gasteiger partial charge in [-0.2, -0.15) is 5.26 Å². The van der Waals surface area contributed by atoms with Crippen LogP contribution in [0.25, 0.3) is 0 Å². The minimum Gasteiger partial charge on any atom is -0.489 e. The molecule has 0 saturated carbocycles. The number of hydrogen-bond acceptors (Lipinski definition) is 3. The number of benzene rings is 2. The average molecular weight is 302 g/mol. The number of nitrogens with zero attached hydrogens (tertiary/aromatic N) is 1. The molecule has 2 aromatic rings. The van der Waals surface area contributed by atoms with E-state index in [2.05, 4.69) is 0 Å². The number of aliphatic carboxylic acids is 1. The van der Waals surface area contributed by atoms with E-state index in [0.717, 1.165) is 5.56 Å². The van der Waals surface area contributed by atoms with Crippen LogP contribution in [-0.2, 0) is 17.8 Å². The maximum atomic E-state index is 10.8. The molecule has 1 N–H and O–H groups in total. The number of nitriles is 1. The molecule has 0 aliphatic carbocycles. The first-order chi connectivity index (χ1) is 10.1. The molecule has 0 heterocycles. The summed E-state index contributed by atoms with van der Waals surface area (Å²) in [7, 11) is 0. The van der Waals surface area contributed by atoms with Crippen molar-refractivity contribution in [1.29, 1.82) is 5.26 Å². The molecule has 106 valence electrons. The van der Waals surface area contributed by atoms with Crippen LogP contribution in [0.5, 0.6) is 5.75 Å². The molecule has 0 radical (unpaired) electrons. The van der Waals surface area contributed by atoms with Gasteiger partial charge in [-0.25, -0.2) is 0 Å². The molecule has 5 heteroatoms. The normalized spacial score (nSPS) is 9.90. The molecule has 0 unspecified atom stereocenters. The van der Waals surface area contributed by atoms with Crippen LogP contribution < -0.4 is 4.74 Å². The zero-order valence-electron chi connectivity index (χ0n) is 11.0. The van der Waals surface area contributed by atoms with Crippen molar-refractivity contribution in [2.24, 2.45) is 0 Å². The van der Waals surface area contributed by atoms with Crippen LogP contribution in [0.2, 0.25) is 5.02 Å². The molecule has 2 aromatic carbocycles. The summed E-state index contributed by atoms with van der Waals surface area (Å²) < 4.78 is 5.65. The lowest BCUT2D eigenvalue weighted by Gasteiger charge is -2.11. The summed E-state index contributed by atoms with van der Waals surface area (Å²) in [5, 5.41) is 18.1. The van der Waals surface area contributed by atoms with E-state index in [1.807, 2.05) is 6.07 Å². The standard InChI is InChI=1S/C16H12ClNO3/c17-14-7-11(9-18)5-6-13(14)10-21-15-4-2-1-3-12(15)8-16(19)20/h1-7H,8,10H2,(H,19,20). The summed E-state index contributed by atoms with van der Waals surface area (Å²) in [5.74, 6) is -0.400. The van der Waals surface area contributed by atoms with Crippen molar-refractivity contribution in [2.45, 2.75) is 13.0 Å². The fourth-order valence-corrected chi connectivity index (χ4v) is 2.08. The number of para-hydroxylation sites is 1. The van der Waals surface area contributed by atoms with Crippen molar-refractivity contribution in [2.75, 3.05) is 0 Å². The van der Waals surface area contributed by atoms with Gasteiger partial charge < -0.3 is 9.84 Å². The van der Waals surface area contributed by atoms with Gasteiger partial charge in [0.1, 0.15) is 12.4 Å². The lowest BCUT2D eigenvalue weighted by molar-refractivity contribution is -0.136. The van der Waals surface area contributed by atoms with E-state index < -0.39 is 5.97 Å². The third kappa shape index (κ3) is 3.98. The Labute approximate surface area is 127 Å². The van der Waals surface area contributed by atoms with E-state index in [-0.39, 0.29) is 13.0 Å². The fourth-order valence-electron chi connectivity index (χ4n) is 1.84. The van der Waals surface area contributed by atoms with E-state index in [1.54, 1.807) is 42.5 Å². The van der Waals surface area contributed by atoms with Gasteiger partial charge in [0.15, 0.2) is 0 Å². The Balaban J connectivity index is 2.13. The Morgan fingerprint density at radius 2 is 2.00 bits per heavy atom. The molecule has 21 heavy (non-hydrogen) atoms. The lowest BCUT2D eigenvalue weighted by atomic mass is 10.1. The highest BCUT2D eigenvalue weighted by molar-refractivity contribution is 6.31. The Kier molecular flexibility index (Phi) is 4.81. The molecule has 0 fully saturated rings. The minimum absolute atomic E-state index is 0.0999. The molecule has 0 bridgehead atoms. The number of carboxylic acids is 1. The van der Waals surface area contributed by atoms with E-state index in [0.29, 0.717) is 21.9 Å². The van der Waals surface area contributed by atoms with Crippen LogP contribution in [0, 0.1) is 11.3 Å². The molecule has 0 aromatic heterocycles. The van der Waals surface area contributed by atoms with Crippen LogP contribution in [0.1, 0.15) is 16.7 Å². The maximum absolute atomic E-state index is 10.8. The smallest absolute Gasteiger partial charge is 0.307 e. The van der Waals surface area contributed by atoms with Gasteiger partial charge in [0.2, 0.25) is 0 Å². The average Bonchev–Trinajstić information content (AvgIpc) is 2.46. The number of halogens is 1. The molecule has 0 saturated heterocycles. The van der Waals surface area contributed by atoms with Crippen molar-refractivity contribution in [3.05, 3.63) is 64.2 Å². The zero-order valence-corrected chi connectivity index (χ0v) is 11.8. The van der Waals surface area contributed by atoms with Gasteiger partial charge in [-0.1, -0.05) is 35.9 Å². The summed E-state index contributed by atoms with van der Waals surface area (Å²) in [6.07, 6.45) is -0.0999. The molecule has 0 spiro atoms. The van der Waals surface area contributed by atoms with Gasteiger partial charge in [0.05, 0.1) is 18.1 Å². The SMILES string of the molecule is N#Cc1ccc(COc2ccccc2CC(=O)O)c(Cl)c1. The summed E-state index contributed by atoms with van der Waals surface area (Å²) in [6.45, 7) is 0.209. The first kappa shape index (κ1) is 14.9. The highest BCUT2D eigenvalue weighted by Crippen LogP contribution is 2.23. The van der Waals surface area contributed by atoms with Crippen LogP contribution >= 0.6 is 11.6 Å². The predicted octanol–water partition coefficient (Wildman–Crippen LogP) is 3.42. The monoisotopic (exact) mass is 301 g/mol. The summed E-state index contributed by atoms with van der Waals surface area (Å²) in [5.41, 5.74) is 1.82. The van der Waals surface area contributed by atoms with Crippen molar-refractivity contribution in [3.63, 3.8) is 0 Å². The molecular weight excluding hydrogens is 290 g/mol. The quantitative estimate of drug-likeness (QED) is 0.918. The molecule has 0 aliphatic heterocycles. The third-order valence-corrected chi connectivity index (χ3v) is 3.23. The summed E-state index contributed by atoms with van der Waals surface area (Å²) >= 11 is 6.07. The second kappa shape index (κ2) is 6.78. The largest absolute Gasteiger partial charge is 0.489 e. The lowest BCUT2D eigenvalue weighted by Crippen LogP contribution is -2.04. The fraction of sp³-hybridized carbons (Fsp3) is 0.125. The maximum Gasteiger partial charge on any atom is 0.307 e. The molecular formula is C16H12ClNO3. The number of carboxylic acid groups (broad SMARTS) is 1. The van der Waals surface area contributed by atoms with Crippen LogP contribution in [0.15, 0.2) is 42.5 Å². The number of carbonyl (C=O) groups is 1. The van der Waals surface area contributed by atoms with Crippen LogP contribution in [0.4, 0.5) is 0 Å². The number of hydrogen-bond donors (Lipinski definition) is 1. The molecule has 2 rings (SSSR count). The first-order valence-corrected chi connectivity index (χ1v) is 6.59. The first-order valence-electron chi connectivity index (χ1n) is 6.21. The van der Waals surface area contributed by atoms with Crippen molar-refractivity contribution >= 4 is 17.6 Å². The summed E-state index contributed by atoms with van der Waals surface area (Å²) in [6, 6.07) is 13.9. The molecule has 0 amide bonds. The highest BCUT2D eigenvalue weighted by atomic mass is 35.5. The van der Waals surface area contributed by atoms with Gasteiger partial charge in [-0.3, -0.25) is 4.79 Å². The Hall–Kier alpha value is -2.51. The summed E-state index contributed by atoms with van der Waals surface area (Å²) in [4.78, 5) is 10.8. The van der Waals surface area contributed by atoms with E-state index >= 15 is 0 Å². The van der Waals surface area contributed by atoms with Crippen LogP contribution in [-0.4, -0.2) is 11.1 Å². The molecule has 4 nitrogen and oxygen atoms in total. The van der Waals surface area contributed by atoms with E-state index in [4.69, 9.17) is 26.7 Å². The second-order valence-electron chi connectivity index (χ2n) is 4.38. The van der Waals surface area contributed by atoms with E-state index in [9.17, 15) is 4.79 Å². The van der Waals surface area contributed by atoms with Crippen molar-refractivity contribution in [1.82, 2.24) is 0 Å². The number of ether oxygens (including phenoxy) is 1. The molecule has 0 aliphatic rings. The van der Waals surface area contributed by atoms with Gasteiger partial charge in [0.25, 0.3) is 0 Å². The van der Waals surface area contributed by atoms with Crippen molar-refractivity contribution < 1.29 is 14.6 Å². The van der Waals surface area contributed by atoms with E-state index in [1.165, 1.54) is 0 Å². The third-order valence-electron chi connectivity index (χ3n) is 2.88. The number of rotatable bonds is 5. The van der Waals surface area contributed by atoms with Crippen molar-refractivity contribution in [3.8, 4) is 11.8 Å². The van der Waals surface area contributed by atoms with Gasteiger partial charge >= 0.3 is 5.97 Å². The predicted molar refractivity (Wildman–Crippen MR) is 78.3 cm³/mol. The minimum atomic E-state index is -0.914. The topological polar surface area (TPSA) is 70.3 Å².